The molecule has 11 aromatic rings. The van der Waals surface area contributed by atoms with Gasteiger partial charge in [-0.15, -0.1) is 11.3 Å². The number of fused-ring (bicyclic) bond motifs is 11. The van der Waals surface area contributed by atoms with Gasteiger partial charge in [-0.3, -0.25) is 0 Å². The van der Waals surface area contributed by atoms with Crippen LogP contribution in [0, 0.1) is 0 Å². The lowest BCUT2D eigenvalue weighted by Gasteiger charge is -2.26. The van der Waals surface area contributed by atoms with Gasteiger partial charge in [0.05, 0.1) is 22.1 Å². The molecule has 234 valence electrons. The Hall–Kier alpha value is -6.36. The van der Waals surface area contributed by atoms with Crippen LogP contribution in [0.25, 0.3) is 80.4 Å². The summed E-state index contributed by atoms with van der Waals surface area (Å²) in [6.07, 6.45) is 0. The smallest absolute Gasteiger partial charge is 0.143 e. The third-order valence-electron chi connectivity index (χ3n) is 10.2. The molecular formula is C46H28N2OS. The Bertz CT molecular complexity index is 3110. The van der Waals surface area contributed by atoms with Gasteiger partial charge in [-0.05, 0) is 84.2 Å². The number of nitrogens with zero attached hydrogens (tertiary/aromatic N) is 2. The van der Waals surface area contributed by atoms with Gasteiger partial charge in [0, 0.05) is 58.8 Å². The first-order chi connectivity index (χ1) is 24.8. The number of thiophene rings is 1. The summed E-state index contributed by atoms with van der Waals surface area (Å²) in [6, 6.07) is 61.3. The maximum absolute atomic E-state index is 6.70. The molecule has 0 saturated carbocycles. The molecule has 0 N–H and O–H groups in total. The predicted molar refractivity (Wildman–Crippen MR) is 213 cm³/mol. The molecule has 0 fully saturated rings. The van der Waals surface area contributed by atoms with Gasteiger partial charge >= 0.3 is 0 Å². The van der Waals surface area contributed by atoms with Crippen LogP contribution in [0.2, 0.25) is 0 Å². The number of aromatic nitrogens is 1. The fourth-order valence-electron chi connectivity index (χ4n) is 7.96. The number of rotatable bonds is 4. The van der Waals surface area contributed by atoms with Crippen LogP contribution in [0.5, 0.6) is 0 Å². The average molecular weight is 657 g/mol. The molecule has 0 aliphatic heterocycles. The molecule has 0 unspecified atom stereocenters. The molecule has 3 nitrogen and oxygen atoms in total. The van der Waals surface area contributed by atoms with Crippen LogP contribution in [0.3, 0.4) is 0 Å². The molecule has 0 aliphatic rings. The predicted octanol–water partition coefficient (Wildman–Crippen LogP) is 13.7. The summed E-state index contributed by atoms with van der Waals surface area (Å²) in [5, 5.41) is 9.51. The normalized spacial score (nSPS) is 12.0. The highest BCUT2D eigenvalue weighted by atomic mass is 32.1. The van der Waals surface area contributed by atoms with E-state index in [1.54, 1.807) is 0 Å². The Kier molecular flexibility index (Phi) is 5.83. The SMILES string of the molecule is c1ccc(-n2c3ccccc3c3cc(N(c4ccc5sc6ccccc6c5c4)c4cccc5oc6c7ccccc7ccc6c45)ccc32)cc1. The van der Waals surface area contributed by atoms with Crippen LogP contribution in [0.1, 0.15) is 0 Å². The van der Waals surface area contributed by atoms with Crippen LogP contribution < -0.4 is 4.90 Å². The first-order valence-corrected chi connectivity index (χ1v) is 17.7. The average Bonchev–Trinajstić information content (AvgIpc) is 3.85. The van der Waals surface area contributed by atoms with Crippen LogP contribution in [-0.2, 0) is 0 Å². The number of para-hydroxylation sites is 2. The minimum atomic E-state index is 0.877. The van der Waals surface area contributed by atoms with Crippen LogP contribution in [0.4, 0.5) is 17.1 Å². The minimum absolute atomic E-state index is 0.877. The zero-order valence-corrected chi connectivity index (χ0v) is 27.7. The molecule has 0 saturated heterocycles. The van der Waals surface area contributed by atoms with Gasteiger partial charge in [0.15, 0.2) is 0 Å². The maximum atomic E-state index is 6.70. The lowest BCUT2D eigenvalue weighted by Crippen LogP contribution is -2.10. The van der Waals surface area contributed by atoms with Crippen molar-refractivity contribution in [2.24, 2.45) is 0 Å². The van der Waals surface area contributed by atoms with E-state index in [9.17, 15) is 0 Å². The van der Waals surface area contributed by atoms with Crippen molar-refractivity contribution in [2.45, 2.75) is 0 Å². The zero-order chi connectivity index (χ0) is 32.8. The van der Waals surface area contributed by atoms with Gasteiger partial charge in [-0.2, -0.15) is 0 Å². The van der Waals surface area contributed by atoms with Crippen LogP contribution in [0.15, 0.2) is 174 Å². The molecule has 3 aromatic heterocycles. The van der Waals surface area contributed by atoms with E-state index < -0.39 is 0 Å². The Balaban J connectivity index is 1.22. The molecule has 0 aliphatic carbocycles. The second-order valence-electron chi connectivity index (χ2n) is 12.9. The summed E-state index contributed by atoms with van der Waals surface area (Å²) in [7, 11) is 0. The largest absolute Gasteiger partial charge is 0.455 e. The number of furan rings is 1. The van der Waals surface area contributed by atoms with Gasteiger partial charge in [-0.1, -0.05) is 91.0 Å². The molecule has 50 heavy (non-hydrogen) atoms. The summed E-state index contributed by atoms with van der Waals surface area (Å²) in [5.41, 5.74) is 8.61. The molecule has 0 spiro atoms. The summed E-state index contributed by atoms with van der Waals surface area (Å²) in [5.74, 6) is 0. The summed E-state index contributed by atoms with van der Waals surface area (Å²) in [4.78, 5) is 2.42. The van der Waals surface area contributed by atoms with E-state index in [-0.39, 0.29) is 0 Å². The van der Waals surface area contributed by atoms with Gasteiger partial charge in [0.25, 0.3) is 0 Å². The van der Waals surface area contributed by atoms with Crippen molar-refractivity contribution in [1.29, 1.82) is 0 Å². The maximum Gasteiger partial charge on any atom is 0.143 e. The molecule has 3 heterocycles. The molecule has 4 heteroatoms. The van der Waals surface area contributed by atoms with Gasteiger partial charge in [0.2, 0.25) is 0 Å². The first kappa shape index (κ1) is 27.6. The number of benzene rings is 8. The molecule has 8 aromatic carbocycles. The minimum Gasteiger partial charge on any atom is -0.455 e. The summed E-state index contributed by atoms with van der Waals surface area (Å²) >= 11 is 1.85. The molecule has 11 rings (SSSR count). The van der Waals surface area contributed by atoms with Crippen molar-refractivity contribution in [3.8, 4) is 5.69 Å². The van der Waals surface area contributed by atoms with Crippen molar-refractivity contribution in [2.75, 3.05) is 4.90 Å². The second-order valence-corrected chi connectivity index (χ2v) is 14.0. The van der Waals surface area contributed by atoms with E-state index in [1.807, 2.05) is 11.3 Å². The molecule has 0 bridgehead atoms. The van der Waals surface area contributed by atoms with E-state index in [4.69, 9.17) is 4.42 Å². The molecule has 0 atom stereocenters. The highest BCUT2D eigenvalue weighted by molar-refractivity contribution is 7.25. The monoisotopic (exact) mass is 656 g/mol. The number of anilines is 3. The highest BCUT2D eigenvalue weighted by Crippen LogP contribution is 2.47. The third-order valence-corrected chi connectivity index (χ3v) is 11.3. The molecule has 0 radical (unpaired) electrons. The summed E-state index contributed by atoms with van der Waals surface area (Å²) < 4.78 is 11.7. The standard InChI is InChI=1S/C46H28N2OS/c1-2-12-30(13-3-1)48-39-17-8-6-15-34(39)37-27-31(22-25-40(37)48)47(32-23-26-44-38(28-32)35-16-7-9-20-43(35)50-44)41-18-10-19-42-45(41)36-24-21-29-11-4-5-14-33(29)46(36)49-42/h1-28H. The third kappa shape index (κ3) is 3.97. The highest BCUT2D eigenvalue weighted by Gasteiger charge is 2.22. The summed E-state index contributed by atoms with van der Waals surface area (Å²) in [6.45, 7) is 0. The Morgan fingerprint density at radius 1 is 0.460 bits per heavy atom. The van der Waals surface area contributed by atoms with Crippen LogP contribution in [-0.4, -0.2) is 4.57 Å². The topological polar surface area (TPSA) is 21.3 Å². The van der Waals surface area contributed by atoms with Crippen molar-refractivity contribution in [3.05, 3.63) is 170 Å². The van der Waals surface area contributed by atoms with Crippen molar-refractivity contribution in [1.82, 2.24) is 4.57 Å². The fourth-order valence-corrected chi connectivity index (χ4v) is 9.04. The molecular weight excluding hydrogens is 629 g/mol. The second kappa shape index (κ2) is 10.6. The Morgan fingerprint density at radius 3 is 2.06 bits per heavy atom. The number of hydrogen-bond donors (Lipinski definition) is 0. The quantitative estimate of drug-likeness (QED) is 0.188. The van der Waals surface area contributed by atoms with Gasteiger partial charge in [-0.25, -0.2) is 0 Å². The lowest BCUT2D eigenvalue weighted by atomic mass is 10.0. The fraction of sp³-hybridized carbons (Fsp3) is 0. The van der Waals surface area contributed by atoms with Crippen molar-refractivity contribution in [3.63, 3.8) is 0 Å². The molecule has 0 amide bonds. The first-order valence-electron chi connectivity index (χ1n) is 16.9. The lowest BCUT2D eigenvalue weighted by molar-refractivity contribution is 0.672. The van der Waals surface area contributed by atoms with Crippen molar-refractivity contribution >= 4 is 103 Å². The van der Waals surface area contributed by atoms with Gasteiger partial charge in [0.1, 0.15) is 11.2 Å². The van der Waals surface area contributed by atoms with E-state index in [0.717, 1.165) is 50.1 Å². The Labute approximate surface area is 291 Å². The van der Waals surface area contributed by atoms with E-state index in [0.29, 0.717) is 0 Å². The number of hydrogen-bond acceptors (Lipinski definition) is 3. The van der Waals surface area contributed by atoms with Crippen LogP contribution >= 0.6 is 11.3 Å². The van der Waals surface area contributed by atoms with Crippen molar-refractivity contribution < 1.29 is 4.42 Å². The van der Waals surface area contributed by atoms with E-state index >= 15 is 0 Å². The Morgan fingerprint density at radius 2 is 1.16 bits per heavy atom. The van der Waals surface area contributed by atoms with E-state index in [1.165, 1.54) is 47.4 Å². The van der Waals surface area contributed by atoms with Gasteiger partial charge < -0.3 is 13.9 Å². The van der Waals surface area contributed by atoms with E-state index in [2.05, 4.69) is 179 Å². The zero-order valence-electron chi connectivity index (χ0n) is 26.9.